The highest BCUT2D eigenvalue weighted by Crippen LogP contribution is 2.22. The fourth-order valence-corrected chi connectivity index (χ4v) is 1.50. The van der Waals surface area contributed by atoms with Crippen LogP contribution in [0.1, 0.15) is 39.4 Å². The predicted molar refractivity (Wildman–Crippen MR) is 70.2 cm³/mol. The van der Waals surface area contributed by atoms with Gasteiger partial charge in [-0.2, -0.15) is 0 Å². The summed E-state index contributed by atoms with van der Waals surface area (Å²) < 4.78 is 11.3. The first-order valence-corrected chi connectivity index (χ1v) is 6.03. The molecule has 0 bridgehead atoms. The number of rotatable bonds is 5. The van der Waals surface area contributed by atoms with Crippen LogP contribution in [0.25, 0.3) is 0 Å². The lowest BCUT2D eigenvalue weighted by atomic mass is 10.1. The number of hydrogen-bond donors (Lipinski definition) is 1. The van der Waals surface area contributed by atoms with E-state index in [1.807, 2.05) is 52.0 Å². The maximum Gasteiger partial charge on any atom is 0.120 e. The molecule has 0 spiro atoms. The summed E-state index contributed by atoms with van der Waals surface area (Å²) in [6.07, 6.45) is 0.0715. The first kappa shape index (κ1) is 14.0. The largest absolute Gasteiger partial charge is 0.488 e. The standard InChI is InChI=1S/C14H23NO2/c1-11(16-10-9-15)12-5-7-13(8-6-12)17-14(2,3)4/h5-8,11H,9-10,15H2,1-4H3. The van der Waals surface area contributed by atoms with Gasteiger partial charge in [-0.1, -0.05) is 12.1 Å². The van der Waals surface area contributed by atoms with Crippen LogP contribution < -0.4 is 10.5 Å². The minimum atomic E-state index is -0.164. The molecule has 0 aliphatic carbocycles. The monoisotopic (exact) mass is 237 g/mol. The lowest BCUT2D eigenvalue weighted by molar-refractivity contribution is 0.0716. The molecule has 0 aromatic heterocycles. The molecule has 3 heteroatoms. The van der Waals surface area contributed by atoms with Gasteiger partial charge < -0.3 is 15.2 Å². The van der Waals surface area contributed by atoms with Crippen molar-refractivity contribution in [2.75, 3.05) is 13.2 Å². The van der Waals surface area contributed by atoms with Gasteiger partial charge in [0.25, 0.3) is 0 Å². The quantitative estimate of drug-likeness (QED) is 0.856. The summed E-state index contributed by atoms with van der Waals surface area (Å²) in [6.45, 7) is 9.27. The molecule has 1 unspecified atom stereocenters. The number of benzene rings is 1. The Morgan fingerprint density at radius 1 is 1.18 bits per heavy atom. The highest BCUT2D eigenvalue weighted by atomic mass is 16.5. The zero-order chi connectivity index (χ0) is 12.9. The molecule has 0 saturated carbocycles. The van der Waals surface area contributed by atoms with E-state index in [0.29, 0.717) is 13.2 Å². The van der Waals surface area contributed by atoms with Gasteiger partial charge in [-0.05, 0) is 45.4 Å². The summed E-state index contributed by atoms with van der Waals surface area (Å²) in [5, 5.41) is 0. The van der Waals surface area contributed by atoms with Crippen molar-refractivity contribution in [3.63, 3.8) is 0 Å². The Morgan fingerprint density at radius 3 is 2.24 bits per heavy atom. The molecular weight excluding hydrogens is 214 g/mol. The van der Waals surface area contributed by atoms with Gasteiger partial charge in [-0.25, -0.2) is 0 Å². The van der Waals surface area contributed by atoms with E-state index in [9.17, 15) is 0 Å². The molecule has 0 saturated heterocycles. The van der Waals surface area contributed by atoms with Crippen molar-refractivity contribution in [2.24, 2.45) is 5.73 Å². The van der Waals surface area contributed by atoms with Gasteiger partial charge in [0.1, 0.15) is 11.4 Å². The van der Waals surface area contributed by atoms with Crippen LogP contribution in [-0.2, 0) is 4.74 Å². The molecule has 17 heavy (non-hydrogen) atoms. The summed E-state index contributed by atoms with van der Waals surface area (Å²) >= 11 is 0. The van der Waals surface area contributed by atoms with E-state index in [1.54, 1.807) is 0 Å². The van der Waals surface area contributed by atoms with Crippen molar-refractivity contribution in [1.29, 1.82) is 0 Å². The van der Waals surface area contributed by atoms with Crippen LogP contribution in [0.4, 0.5) is 0 Å². The molecule has 2 N–H and O–H groups in total. The summed E-state index contributed by atoms with van der Waals surface area (Å²) in [6, 6.07) is 8.01. The summed E-state index contributed by atoms with van der Waals surface area (Å²) in [5.41, 5.74) is 6.38. The highest BCUT2D eigenvalue weighted by Gasteiger charge is 2.12. The molecular formula is C14H23NO2. The highest BCUT2D eigenvalue weighted by molar-refractivity contribution is 5.28. The van der Waals surface area contributed by atoms with Crippen LogP contribution in [-0.4, -0.2) is 18.8 Å². The van der Waals surface area contributed by atoms with Crippen LogP contribution in [0.2, 0.25) is 0 Å². The van der Waals surface area contributed by atoms with E-state index in [2.05, 4.69) is 0 Å². The average molecular weight is 237 g/mol. The Morgan fingerprint density at radius 2 is 1.76 bits per heavy atom. The Labute approximate surface area is 104 Å². The number of ether oxygens (including phenoxy) is 2. The Hall–Kier alpha value is -1.06. The van der Waals surface area contributed by atoms with E-state index in [-0.39, 0.29) is 11.7 Å². The lowest BCUT2D eigenvalue weighted by Gasteiger charge is -2.21. The van der Waals surface area contributed by atoms with Crippen LogP contribution in [0.5, 0.6) is 5.75 Å². The molecule has 0 heterocycles. The maximum atomic E-state index is 5.76. The topological polar surface area (TPSA) is 44.5 Å². The molecule has 1 aromatic carbocycles. The first-order valence-electron chi connectivity index (χ1n) is 6.03. The van der Waals surface area contributed by atoms with Crippen molar-refractivity contribution in [3.8, 4) is 5.75 Å². The number of hydrogen-bond acceptors (Lipinski definition) is 3. The van der Waals surface area contributed by atoms with E-state index in [0.717, 1.165) is 11.3 Å². The average Bonchev–Trinajstić information content (AvgIpc) is 2.24. The second-order valence-corrected chi connectivity index (χ2v) is 5.09. The fraction of sp³-hybridized carbons (Fsp3) is 0.571. The Bertz CT molecular complexity index is 327. The normalized spacial score (nSPS) is 13.5. The molecule has 96 valence electrons. The fourth-order valence-electron chi connectivity index (χ4n) is 1.50. The van der Waals surface area contributed by atoms with E-state index in [1.165, 1.54) is 0 Å². The van der Waals surface area contributed by atoms with Crippen LogP contribution in [0.15, 0.2) is 24.3 Å². The lowest BCUT2D eigenvalue weighted by Crippen LogP contribution is -2.22. The molecule has 3 nitrogen and oxygen atoms in total. The minimum absolute atomic E-state index is 0.0715. The maximum absolute atomic E-state index is 5.76. The van der Waals surface area contributed by atoms with Gasteiger partial charge in [-0.15, -0.1) is 0 Å². The zero-order valence-electron chi connectivity index (χ0n) is 11.2. The third-order valence-corrected chi connectivity index (χ3v) is 2.26. The second kappa shape index (κ2) is 6.03. The van der Waals surface area contributed by atoms with Gasteiger partial charge in [0.05, 0.1) is 12.7 Å². The third kappa shape index (κ3) is 5.20. The van der Waals surface area contributed by atoms with Crippen LogP contribution in [0.3, 0.4) is 0 Å². The van der Waals surface area contributed by atoms with Gasteiger partial charge in [-0.3, -0.25) is 0 Å². The van der Waals surface area contributed by atoms with Crippen LogP contribution >= 0.6 is 0 Å². The van der Waals surface area contributed by atoms with Gasteiger partial charge in [0, 0.05) is 6.54 Å². The first-order chi connectivity index (χ1) is 7.92. The molecule has 1 atom stereocenters. The summed E-state index contributed by atoms with van der Waals surface area (Å²) in [4.78, 5) is 0. The van der Waals surface area contributed by atoms with E-state index in [4.69, 9.17) is 15.2 Å². The van der Waals surface area contributed by atoms with Crippen molar-refractivity contribution < 1.29 is 9.47 Å². The van der Waals surface area contributed by atoms with Crippen molar-refractivity contribution in [1.82, 2.24) is 0 Å². The summed E-state index contributed by atoms with van der Waals surface area (Å²) in [5.74, 6) is 0.882. The molecule has 0 aliphatic rings. The molecule has 1 aromatic rings. The van der Waals surface area contributed by atoms with Crippen LogP contribution in [0, 0.1) is 0 Å². The van der Waals surface area contributed by atoms with E-state index < -0.39 is 0 Å². The van der Waals surface area contributed by atoms with Crippen molar-refractivity contribution in [3.05, 3.63) is 29.8 Å². The van der Waals surface area contributed by atoms with Gasteiger partial charge in [0.2, 0.25) is 0 Å². The Balaban J connectivity index is 2.61. The molecule has 1 rings (SSSR count). The number of nitrogens with two attached hydrogens (primary N) is 1. The van der Waals surface area contributed by atoms with E-state index >= 15 is 0 Å². The predicted octanol–water partition coefficient (Wildman–Crippen LogP) is 2.90. The minimum Gasteiger partial charge on any atom is -0.488 e. The van der Waals surface area contributed by atoms with Crippen molar-refractivity contribution in [2.45, 2.75) is 39.4 Å². The Kier molecular flexibility index (Phi) is 4.97. The third-order valence-electron chi connectivity index (χ3n) is 2.26. The second-order valence-electron chi connectivity index (χ2n) is 5.09. The van der Waals surface area contributed by atoms with Gasteiger partial charge >= 0.3 is 0 Å². The SMILES string of the molecule is CC(OCCN)c1ccc(OC(C)(C)C)cc1. The molecule has 0 amide bonds. The smallest absolute Gasteiger partial charge is 0.120 e. The zero-order valence-corrected chi connectivity index (χ0v) is 11.2. The van der Waals surface area contributed by atoms with Crippen molar-refractivity contribution >= 4 is 0 Å². The summed E-state index contributed by atoms with van der Waals surface area (Å²) in [7, 11) is 0. The van der Waals surface area contributed by atoms with Gasteiger partial charge in [0.15, 0.2) is 0 Å². The molecule has 0 radical (unpaired) electrons. The molecule has 0 fully saturated rings. The molecule has 0 aliphatic heterocycles.